The lowest BCUT2D eigenvalue weighted by Crippen LogP contribution is -2.15. The molecule has 0 spiro atoms. The summed E-state index contributed by atoms with van der Waals surface area (Å²) in [5.41, 5.74) is 0.977. The van der Waals surface area contributed by atoms with E-state index in [9.17, 15) is 0 Å². The lowest BCUT2D eigenvalue weighted by molar-refractivity contribution is 0.756. The fourth-order valence-corrected chi connectivity index (χ4v) is 1.68. The minimum atomic E-state index is 0.417. The van der Waals surface area contributed by atoms with Gasteiger partial charge in [0.1, 0.15) is 0 Å². The molecule has 1 unspecified atom stereocenters. The van der Waals surface area contributed by atoms with Gasteiger partial charge in [-0.3, -0.25) is 0 Å². The molecule has 1 N–H and O–H groups in total. The van der Waals surface area contributed by atoms with Gasteiger partial charge in [0.25, 0.3) is 0 Å². The predicted octanol–water partition coefficient (Wildman–Crippen LogP) is 3.15. The van der Waals surface area contributed by atoms with Crippen LogP contribution < -0.4 is 5.32 Å². The Morgan fingerprint density at radius 1 is 1.19 bits per heavy atom. The molecule has 0 amide bonds. The molecule has 0 bridgehead atoms. The molecular weight excluding hydrogens is 198 g/mol. The van der Waals surface area contributed by atoms with Crippen molar-refractivity contribution in [1.29, 1.82) is 0 Å². The zero-order valence-electron chi connectivity index (χ0n) is 9.99. The monoisotopic (exact) mass is 215 g/mol. The van der Waals surface area contributed by atoms with Gasteiger partial charge in [0.05, 0.1) is 5.69 Å². The van der Waals surface area contributed by atoms with E-state index in [1.54, 1.807) is 0 Å². The van der Waals surface area contributed by atoms with E-state index in [0.717, 1.165) is 23.3 Å². The van der Waals surface area contributed by atoms with Crippen LogP contribution in [-0.4, -0.2) is 16.2 Å². The highest BCUT2D eigenvalue weighted by Gasteiger charge is 2.07. The van der Waals surface area contributed by atoms with E-state index in [2.05, 4.69) is 41.5 Å². The molecule has 2 rings (SSSR count). The third kappa shape index (κ3) is 1.98. The summed E-state index contributed by atoms with van der Waals surface area (Å²) in [6.07, 6.45) is 1.07. The number of nitrogens with zero attached hydrogens (tertiary/aromatic N) is 2. The number of rotatable bonds is 3. The van der Waals surface area contributed by atoms with Crippen molar-refractivity contribution in [3.63, 3.8) is 0 Å². The lowest BCUT2D eigenvalue weighted by atomic mass is 10.1. The molecule has 1 heterocycles. The number of anilines is 1. The third-order valence-corrected chi connectivity index (χ3v) is 2.87. The van der Waals surface area contributed by atoms with Crippen LogP contribution >= 0.6 is 0 Å². The summed E-state index contributed by atoms with van der Waals surface area (Å²) in [5, 5.41) is 14.1. The first-order valence-electron chi connectivity index (χ1n) is 5.71. The van der Waals surface area contributed by atoms with Crippen molar-refractivity contribution in [3.05, 3.63) is 30.0 Å². The van der Waals surface area contributed by atoms with Crippen LogP contribution in [0.2, 0.25) is 0 Å². The maximum atomic E-state index is 4.23. The van der Waals surface area contributed by atoms with Crippen molar-refractivity contribution in [2.24, 2.45) is 0 Å². The summed E-state index contributed by atoms with van der Waals surface area (Å²) in [6.45, 7) is 6.29. The van der Waals surface area contributed by atoms with Crippen molar-refractivity contribution in [3.8, 4) is 0 Å². The Kier molecular flexibility index (Phi) is 3.04. The first-order chi connectivity index (χ1) is 7.72. The minimum absolute atomic E-state index is 0.417. The Morgan fingerprint density at radius 2 is 1.88 bits per heavy atom. The molecule has 0 saturated heterocycles. The Balaban J connectivity index is 2.50. The van der Waals surface area contributed by atoms with E-state index in [1.807, 2.05) is 19.1 Å². The van der Waals surface area contributed by atoms with Gasteiger partial charge in [0.15, 0.2) is 5.82 Å². The summed E-state index contributed by atoms with van der Waals surface area (Å²) >= 11 is 0. The Morgan fingerprint density at radius 3 is 2.56 bits per heavy atom. The Labute approximate surface area is 95.9 Å². The van der Waals surface area contributed by atoms with Crippen LogP contribution in [0.25, 0.3) is 10.8 Å². The van der Waals surface area contributed by atoms with Gasteiger partial charge in [0, 0.05) is 16.8 Å². The SMILES string of the molecule is CCC(C)Nc1nnc(C)c2ccccc12. The largest absolute Gasteiger partial charge is 0.366 e. The van der Waals surface area contributed by atoms with Gasteiger partial charge in [0.2, 0.25) is 0 Å². The van der Waals surface area contributed by atoms with Gasteiger partial charge in [-0.2, -0.15) is 5.10 Å². The molecule has 0 aliphatic rings. The Hall–Kier alpha value is -1.64. The molecular formula is C13H17N3. The second kappa shape index (κ2) is 4.47. The molecule has 2 aromatic rings. The smallest absolute Gasteiger partial charge is 0.156 e. The van der Waals surface area contributed by atoms with Crippen molar-refractivity contribution in [2.45, 2.75) is 33.2 Å². The molecule has 1 aromatic heterocycles. The molecule has 0 radical (unpaired) electrons. The fourth-order valence-electron chi connectivity index (χ4n) is 1.68. The first kappa shape index (κ1) is 10.9. The topological polar surface area (TPSA) is 37.8 Å². The van der Waals surface area contributed by atoms with Crippen LogP contribution in [0.3, 0.4) is 0 Å². The molecule has 3 nitrogen and oxygen atoms in total. The van der Waals surface area contributed by atoms with Gasteiger partial charge in [-0.15, -0.1) is 5.10 Å². The van der Waals surface area contributed by atoms with Crippen molar-refractivity contribution >= 4 is 16.6 Å². The summed E-state index contributed by atoms with van der Waals surface area (Å²) in [6, 6.07) is 8.65. The standard InChI is InChI=1S/C13H17N3/c1-4-9(2)14-13-12-8-6-5-7-11(12)10(3)15-16-13/h5-9H,4H2,1-3H3,(H,14,16). The number of hydrogen-bond donors (Lipinski definition) is 1. The van der Waals surface area contributed by atoms with Crippen molar-refractivity contribution in [2.75, 3.05) is 5.32 Å². The second-order valence-electron chi connectivity index (χ2n) is 4.13. The average Bonchev–Trinajstić information content (AvgIpc) is 2.33. The molecule has 0 fully saturated rings. The van der Waals surface area contributed by atoms with Crippen LogP contribution in [0, 0.1) is 6.92 Å². The number of fused-ring (bicyclic) bond motifs is 1. The van der Waals surface area contributed by atoms with Crippen LogP contribution in [-0.2, 0) is 0 Å². The van der Waals surface area contributed by atoms with Crippen molar-refractivity contribution < 1.29 is 0 Å². The highest BCUT2D eigenvalue weighted by Crippen LogP contribution is 2.22. The highest BCUT2D eigenvalue weighted by atomic mass is 15.2. The number of aryl methyl sites for hydroxylation is 1. The van der Waals surface area contributed by atoms with Gasteiger partial charge >= 0.3 is 0 Å². The zero-order chi connectivity index (χ0) is 11.5. The van der Waals surface area contributed by atoms with Crippen LogP contribution in [0.1, 0.15) is 26.0 Å². The summed E-state index contributed by atoms with van der Waals surface area (Å²) in [7, 11) is 0. The molecule has 0 saturated carbocycles. The van der Waals surface area contributed by atoms with Crippen LogP contribution in [0.15, 0.2) is 24.3 Å². The molecule has 1 aromatic carbocycles. The quantitative estimate of drug-likeness (QED) is 0.854. The van der Waals surface area contributed by atoms with Gasteiger partial charge in [-0.05, 0) is 20.3 Å². The number of hydrogen-bond acceptors (Lipinski definition) is 3. The zero-order valence-corrected chi connectivity index (χ0v) is 9.99. The summed E-state index contributed by atoms with van der Waals surface area (Å²) < 4.78 is 0. The summed E-state index contributed by atoms with van der Waals surface area (Å²) in [4.78, 5) is 0. The van der Waals surface area contributed by atoms with Crippen LogP contribution in [0.5, 0.6) is 0 Å². The molecule has 1 atom stereocenters. The molecule has 0 aliphatic carbocycles. The minimum Gasteiger partial charge on any atom is -0.366 e. The number of aromatic nitrogens is 2. The number of nitrogens with one attached hydrogen (secondary N) is 1. The van der Waals surface area contributed by atoms with E-state index in [4.69, 9.17) is 0 Å². The van der Waals surface area contributed by atoms with E-state index >= 15 is 0 Å². The molecule has 16 heavy (non-hydrogen) atoms. The van der Waals surface area contributed by atoms with Crippen molar-refractivity contribution in [1.82, 2.24) is 10.2 Å². The van der Waals surface area contributed by atoms with Gasteiger partial charge in [-0.1, -0.05) is 31.2 Å². The van der Waals surface area contributed by atoms with Crippen LogP contribution in [0.4, 0.5) is 5.82 Å². The maximum absolute atomic E-state index is 4.23. The highest BCUT2D eigenvalue weighted by molar-refractivity contribution is 5.92. The van der Waals surface area contributed by atoms with Gasteiger partial charge < -0.3 is 5.32 Å². The predicted molar refractivity (Wildman–Crippen MR) is 67.7 cm³/mol. The first-order valence-corrected chi connectivity index (χ1v) is 5.71. The average molecular weight is 215 g/mol. The van der Waals surface area contributed by atoms with Gasteiger partial charge in [-0.25, -0.2) is 0 Å². The number of benzene rings is 1. The normalized spacial score (nSPS) is 12.7. The summed E-state index contributed by atoms with van der Waals surface area (Å²) in [5.74, 6) is 0.885. The second-order valence-corrected chi connectivity index (χ2v) is 4.13. The Bertz CT molecular complexity index is 494. The molecule has 84 valence electrons. The lowest BCUT2D eigenvalue weighted by Gasteiger charge is -2.13. The van der Waals surface area contributed by atoms with E-state index in [1.165, 1.54) is 5.39 Å². The molecule has 0 aliphatic heterocycles. The van der Waals surface area contributed by atoms with E-state index in [-0.39, 0.29) is 0 Å². The van der Waals surface area contributed by atoms with E-state index in [0.29, 0.717) is 6.04 Å². The molecule has 3 heteroatoms. The van der Waals surface area contributed by atoms with E-state index < -0.39 is 0 Å². The third-order valence-electron chi connectivity index (χ3n) is 2.87. The maximum Gasteiger partial charge on any atom is 0.156 e. The fraction of sp³-hybridized carbons (Fsp3) is 0.385.